The van der Waals surface area contributed by atoms with E-state index in [-0.39, 0.29) is 12.0 Å². The maximum Gasteiger partial charge on any atom is 0.0637 e. The second-order valence-electron chi connectivity index (χ2n) is 17.7. The Labute approximate surface area is 378 Å². The van der Waals surface area contributed by atoms with Gasteiger partial charge in [-0.1, -0.05) is 190 Å². The van der Waals surface area contributed by atoms with Gasteiger partial charge in [-0.25, -0.2) is 0 Å². The van der Waals surface area contributed by atoms with E-state index in [1.54, 1.807) is 0 Å². The zero-order valence-corrected chi connectivity index (χ0v) is 36.9. The normalized spacial score (nSPS) is 15.0. The van der Waals surface area contributed by atoms with Gasteiger partial charge in [-0.2, -0.15) is 0 Å². The minimum atomic E-state index is 0.118. The van der Waals surface area contributed by atoms with Gasteiger partial charge in [0, 0.05) is 33.9 Å². The third-order valence-corrected chi connectivity index (χ3v) is 13.7. The Kier molecular flexibility index (Phi) is 10.7. The van der Waals surface area contributed by atoms with Crippen LogP contribution in [0.25, 0.3) is 67.2 Å². The lowest BCUT2D eigenvalue weighted by Gasteiger charge is -2.33. The number of aromatic nitrogens is 1. The van der Waals surface area contributed by atoms with Crippen molar-refractivity contribution in [3.05, 3.63) is 228 Å². The zero-order chi connectivity index (χ0) is 43.0. The SMILES string of the molecule is CCCCc1cccc(-c2ccccc2-c2ccc(-n3c4c(c5ccccc53)C3c5ccccc5N(c5ccc(CCCC)cc5-c5ccc(-c6ccccc6)cc5)C3C=C4)cc2)c1. The van der Waals surface area contributed by atoms with Gasteiger partial charge < -0.3 is 9.47 Å². The highest BCUT2D eigenvalue weighted by Gasteiger charge is 2.44. The first-order chi connectivity index (χ1) is 31.7. The van der Waals surface area contributed by atoms with Crippen LogP contribution in [0.1, 0.15) is 73.4 Å². The molecule has 0 amide bonds. The molecule has 1 aliphatic carbocycles. The van der Waals surface area contributed by atoms with Crippen LogP contribution < -0.4 is 4.90 Å². The Balaban J connectivity index is 0.995. The summed E-state index contributed by atoms with van der Waals surface area (Å²) in [5.74, 6) is 0.162. The van der Waals surface area contributed by atoms with Crippen LogP contribution in [0.4, 0.5) is 11.4 Å². The van der Waals surface area contributed by atoms with Gasteiger partial charge in [-0.15, -0.1) is 0 Å². The van der Waals surface area contributed by atoms with E-state index in [1.165, 1.54) is 126 Å². The molecular weight excluding hydrogens is 773 g/mol. The molecule has 312 valence electrons. The quantitative estimate of drug-likeness (QED) is 0.119. The van der Waals surface area contributed by atoms with Crippen molar-refractivity contribution in [1.82, 2.24) is 4.57 Å². The molecule has 64 heavy (non-hydrogen) atoms. The fraction of sp³-hybridized carbons (Fsp3) is 0.161. The average molecular weight is 827 g/mol. The van der Waals surface area contributed by atoms with Crippen LogP contribution in [0, 0.1) is 0 Å². The average Bonchev–Trinajstić information content (AvgIpc) is 3.88. The molecule has 2 heteroatoms. The van der Waals surface area contributed by atoms with Crippen molar-refractivity contribution in [2.75, 3.05) is 4.90 Å². The van der Waals surface area contributed by atoms with E-state index in [0.29, 0.717) is 0 Å². The first kappa shape index (κ1) is 39.7. The minimum Gasteiger partial charge on any atom is -0.333 e. The lowest BCUT2D eigenvalue weighted by molar-refractivity contribution is 0.725. The standard InChI is InChI=1S/C62H54N2/c1-3-5-17-43-19-16-22-49(41-43)52-24-11-10-23-51(52)47-34-36-50(37-35-47)63-56-27-14-12-25-53(56)61-59(63)39-40-60-62(61)54-26-13-15-28-57(54)64(60)58-38-29-44(18-6-4-2)42-55(58)48-32-30-46(31-33-48)45-20-8-7-9-21-45/h7-16,19-42,60,62H,3-6,17-18H2,1-2H3. The van der Waals surface area contributed by atoms with Crippen molar-refractivity contribution in [1.29, 1.82) is 0 Å². The van der Waals surface area contributed by atoms with Gasteiger partial charge in [-0.05, 0) is 129 Å². The number of fused-ring (bicyclic) bond motifs is 7. The molecule has 11 rings (SSSR count). The zero-order valence-electron chi connectivity index (χ0n) is 36.9. The van der Waals surface area contributed by atoms with Crippen LogP contribution in [0.5, 0.6) is 0 Å². The van der Waals surface area contributed by atoms with Crippen molar-refractivity contribution in [3.8, 4) is 50.2 Å². The second-order valence-corrected chi connectivity index (χ2v) is 17.7. The van der Waals surface area contributed by atoms with Crippen molar-refractivity contribution >= 4 is 28.4 Å². The van der Waals surface area contributed by atoms with Gasteiger partial charge in [0.15, 0.2) is 0 Å². The Morgan fingerprint density at radius 3 is 1.84 bits per heavy atom. The van der Waals surface area contributed by atoms with Crippen LogP contribution in [0.15, 0.2) is 200 Å². The van der Waals surface area contributed by atoms with Crippen LogP contribution in [0.3, 0.4) is 0 Å². The fourth-order valence-corrected chi connectivity index (χ4v) is 10.6. The van der Waals surface area contributed by atoms with Crippen molar-refractivity contribution in [2.24, 2.45) is 0 Å². The number of para-hydroxylation sites is 2. The van der Waals surface area contributed by atoms with E-state index in [2.05, 4.69) is 230 Å². The summed E-state index contributed by atoms with van der Waals surface area (Å²) in [5, 5.41) is 1.32. The topological polar surface area (TPSA) is 8.17 Å². The number of nitrogens with zero attached hydrogens (tertiary/aromatic N) is 2. The Hall–Kier alpha value is -7.16. The van der Waals surface area contributed by atoms with E-state index in [9.17, 15) is 0 Å². The number of anilines is 2. The molecule has 0 spiro atoms. The lowest BCUT2D eigenvalue weighted by atomic mass is 9.82. The summed E-state index contributed by atoms with van der Waals surface area (Å²) < 4.78 is 2.50. The molecule has 0 saturated carbocycles. The highest BCUT2D eigenvalue weighted by atomic mass is 15.2. The van der Waals surface area contributed by atoms with Crippen LogP contribution in [0.2, 0.25) is 0 Å². The van der Waals surface area contributed by atoms with Gasteiger partial charge in [-0.3, -0.25) is 0 Å². The maximum atomic E-state index is 2.64. The van der Waals surface area contributed by atoms with E-state index in [0.717, 1.165) is 12.8 Å². The van der Waals surface area contributed by atoms with Gasteiger partial charge in [0.1, 0.15) is 0 Å². The molecule has 2 atom stereocenters. The van der Waals surface area contributed by atoms with E-state index >= 15 is 0 Å². The summed E-state index contributed by atoms with van der Waals surface area (Å²) in [6.07, 6.45) is 11.9. The molecule has 2 aliphatic rings. The molecule has 0 N–H and O–H groups in total. The van der Waals surface area contributed by atoms with Gasteiger partial charge >= 0.3 is 0 Å². The molecule has 2 unspecified atom stereocenters. The largest absolute Gasteiger partial charge is 0.333 e. The van der Waals surface area contributed by atoms with Crippen molar-refractivity contribution in [3.63, 3.8) is 0 Å². The number of aryl methyl sites for hydroxylation is 2. The molecule has 1 aliphatic heterocycles. The summed E-state index contributed by atoms with van der Waals surface area (Å²) >= 11 is 0. The summed E-state index contributed by atoms with van der Waals surface area (Å²) in [6, 6.07) is 72.8. The van der Waals surface area contributed by atoms with E-state index in [4.69, 9.17) is 0 Å². The molecule has 2 nitrogen and oxygen atoms in total. The van der Waals surface area contributed by atoms with Crippen LogP contribution in [-0.4, -0.2) is 10.6 Å². The minimum absolute atomic E-state index is 0.118. The van der Waals surface area contributed by atoms with E-state index < -0.39 is 0 Å². The summed E-state index contributed by atoms with van der Waals surface area (Å²) in [5.41, 5.74) is 21.9. The number of benzene rings is 8. The van der Waals surface area contributed by atoms with E-state index in [1.807, 2.05) is 0 Å². The Morgan fingerprint density at radius 1 is 0.453 bits per heavy atom. The summed E-state index contributed by atoms with van der Waals surface area (Å²) in [4.78, 5) is 2.64. The van der Waals surface area contributed by atoms with Crippen molar-refractivity contribution < 1.29 is 0 Å². The number of hydrogen-bond acceptors (Lipinski definition) is 1. The number of rotatable bonds is 12. The number of unbranched alkanes of at least 4 members (excludes halogenated alkanes) is 2. The first-order valence-corrected chi connectivity index (χ1v) is 23.5. The van der Waals surface area contributed by atoms with Gasteiger partial charge in [0.25, 0.3) is 0 Å². The predicted octanol–water partition coefficient (Wildman–Crippen LogP) is 16.7. The highest BCUT2D eigenvalue weighted by Crippen LogP contribution is 2.55. The van der Waals surface area contributed by atoms with Crippen molar-refractivity contribution in [2.45, 2.75) is 64.3 Å². The highest BCUT2D eigenvalue weighted by molar-refractivity contribution is 5.96. The molecule has 0 fully saturated rings. The Bertz CT molecular complexity index is 3130. The van der Waals surface area contributed by atoms with Crippen LogP contribution >= 0.6 is 0 Å². The molecule has 0 radical (unpaired) electrons. The maximum absolute atomic E-state index is 2.64. The molecular formula is C62H54N2. The molecule has 2 heterocycles. The second kappa shape index (κ2) is 17.2. The molecule has 8 aromatic carbocycles. The monoisotopic (exact) mass is 826 g/mol. The smallest absolute Gasteiger partial charge is 0.0637 e. The molecule has 0 bridgehead atoms. The van der Waals surface area contributed by atoms with Gasteiger partial charge in [0.2, 0.25) is 0 Å². The third kappa shape index (κ3) is 7.08. The predicted molar refractivity (Wildman–Crippen MR) is 272 cm³/mol. The third-order valence-electron chi connectivity index (χ3n) is 13.7. The summed E-state index contributed by atoms with van der Waals surface area (Å²) in [7, 11) is 0. The van der Waals surface area contributed by atoms with Crippen LogP contribution in [-0.2, 0) is 12.8 Å². The van der Waals surface area contributed by atoms with Gasteiger partial charge in [0.05, 0.1) is 17.3 Å². The Morgan fingerprint density at radius 2 is 1.06 bits per heavy atom. The fourth-order valence-electron chi connectivity index (χ4n) is 10.6. The number of hydrogen-bond donors (Lipinski definition) is 0. The lowest BCUT2D eigenvalue weighted by Crippen LogP contribution is -2.31. The molecule has 0 saturated heterocycles. The summed E-state index contributed by atoms with van der Waals surface area (Å²) in [6.45, 7) is 4.55. The molecule has 1 aromatic heterocycles. The first-order valence-electron chi connectivity index (χ1n) is 23.5. The molecule has 9 aromatic rings.